The van der Waals surface area contributed by atoms with Crippen molar-refractivity contribution < 1.29 is 9.32 Å². The van der Waals surface area contributed by atoms with Gasteiger partial charge in [-0.1, -0.05) is 0 Å². The first-order valence-electron chi connectivity index (χ1n) is 2.89. The van der Waals surface area contributed by atoms with Crippen LogP contribution in [0.25, 0.3) is 0 Å². The Kier molecular flexibility index (Phi) is 2.04. The summed E-state index contributed by atoms with van der Waals surface area (Å²) < 4.78 is 4.93. The number of carbonyl (C=O) groups is 1. The van der Waals surface area contributed by atoms with Crippen molar-refractivity contribution >= 4 is 15.4 Å². The van der Waals surface area contributed by atoms with Crippen molar-refractivity contribution in [1.29, 1.82) is 0 Å². The van der Waals surface area contributed by atoms with Crippen LogP contribution in [0.1, 0.15) is 13.3 Å². The molecule has 1 rings (SSSR count). The second-order valence-corrected chi connectivity index (χ2v) is 2.51. The van der Waals surface area contributed by atoms with E-state index in [1.807, 2.05) is 6.92 Å². The molecule has 1 aliphatic heterocycles. The van der Waals surface area contributed by atoms with Crippen molar-refractivity contribution in [3.8, 4) is 0 Å². The van der Waals surface area contributed by atoms with Crippen LogP contribution in [0.4, 0.5) is 0 Å². The van der Waals surface area contributed by atoms with Crippen molar-refractivity contribution in [1.82, 2.24) is 5.32 Å². The second-order valence-electron chi connectivity index (χ2n) is 2.23. The SMILES string of the molecule is CC1NC(=O)CC1OP. The lowest BCUT2D eigenvalue weighted by Gasteiger charge is -2.09. The summed E-state index contributed by atoms with van der Waals surface area (Å²) >= 11 is 0. The Morgan fingerprint density at radius 1 is 1.89 bits per heavy atom. The number of hydrogen-bond donors (Lipinski definition) is 1. The molecule has 1 fully saturated rings. The van der Waals surface area contributed by atoms with Crippen LogP contribution in [0, 0.1) is 0 Å². The average Bonchev–Trinajstić information content (AvgIpc) is 2.10. The summed E-state index contributed by atoms with van der Waals surface area (Å²) in [6.07, 6.45) is 0.535. The molecule has 0 saturated carbocycles. The van der Waals surface area contributed by atoms with Gasteiger partial charge < -0.3 is 9.84 Å². The second kappa shape index (κ2) is 2.63. The van der Waals surface area contributed by atoms with E-state index in [9.17, 15) is 4.79 Å². The van der Waals surface area contributed by atoms with Gasteiger partial charge in [0.25, 0.3) is 0 Å². The van der Waals surface area contributed by atoms with Crippen LogP contribution < -0.4 is 5.32 Å². The van der Waals surface area contributed by atoms with E-state index < -0.39 is 0 Å². The van der Waals surface area contributed by atoms with Gasteiger partial charge in [0.2, 0.25) is 5.91 Å². The van der Waals surface area contributed by atoms with Crippen LogP contribution in [0.15, 0.2) is 0 Å². The summed E-state index contributed by atoms with van der Waals surface area (Å²) in [7, 11) is 2.17. The topological polar surface area (TPSA) is 38.3 Å². The molecule has 0 radical (unpaired) electrons. The Hall–Kier alpha value is -0.140. The van der Waals surface area contributed by atoms with Crippen LogP contribution in [0.2, 0.25) is 0 Å². The summed E-state index contributed by atoms with van der Waals surface area (Å²) in [5, 5.41) is 2.74. The Labute approximate surface area is 56.4 Å². The Balaban J connectivity index is 2.47. The molecule has 3 nitrogen and oxygen atoms in total. The van der Waals surface area contributed by atoms with E-state index >= 15 is 0 Å². The third-order valence-corrected chi connectivity index (χ3v) is 1.86. The van der Waals surface area contributed by atoms with Crippen molar-refractivity contribution in [3.05, 3.63) is 0 Å². The zero-order chi connectivity index (χ0) is 6.85. The highest BCUT2D eigenvalue weighted by molar-refractivity contribution is 7.09. The van der Waals surface area contributed by atoms with Gasteiger partial charge in [-0.3, -0.25) is 4.79 Å². The first-order chi connectivity index (χ1) is 4.24. The van der Waals surface area contributed by atoms with Crippen molar-refractivity contribution in [2.45, 2.75) is 25.5 Å². The monoisotopic (exact) mass is 147 g/mol. The number of amides is 1. The van der Waals surface area contributed by atoms with Crippen LogP contribution in [-0.4, -0.2) is 18.1 Å². The van der Waals surface area contributed by atoms with E-state index in [1.165, 1.54) is 0 Å². The van der Waals surface area contributed by atoms with Crippen LogP contribution in [-0.2, 0) is 9.32 Å². The van der Waals surface area contributed by atoms with E-state index in [-0.39, 0.29) is 18.1 Å². The molecule has 3 atom stereocenters. The molecule has 0 aromatic carbocycles. The minimum absolute atomic E-state index is 0.0440. The lowest BCUT2D eigenvalue weighted by Crippen LogP contribution is -2.27. The number of carbonyl (C=O) groups excluding carboxylic acids is 1. The predicted octanol–water partition coefficient (Wildman–Crippen LogP) is 0.0701. The summed E-state index contributed by atoms with van der Waals surface area (Å²) in [6.45, 7) is 1.93. The zero-order valence-electron chi connectivity index (χ0n) is 5.26. The highest BCUT2D eigenvalue weighted by atomic mass is 31.0. The highest BCUT2D eigenvalue weighted by Gasteiger charge is 2.28. The highest BCUT2D eigenvalue weighted by Crippen LogP contribution is 2.13. The number of rotatable bonds is 1. The Morgan fingerprint density at radius 2 is 2.56 bits per heavy atom. The molecule has 1 saturated heterocycles. The zero-order valence-corrected chi connectivity index (χ0v) is 6.41. The summed E-state index contributed by atoms with van der Waals surface area (Å²) in [5.41, 5.74) is 0. The third kappa shape index (κ3) is 1.41. The van der Waals surface area contributed by atoms with Gasteiger partial charge in [-0.05, 0) is 6.92 Å². The molecule has 1 amide bonds. The molecule has 4 heteroatoms. The third-order valence-electron chi connectivity index (χ3n) is 1.51. The maximum absolute atomic E-state index is 10.6. The minimum atomic E-state index is 0.0440. The van der Waals surface area contributed by atoms with Gasteiger partial charge in [0.1, 0.15) is 0 Å². The van der Waals surface area contributed by atoms with E-state index in [4.69, 9.17) is 4.52 Å². The van der Waals surface area contributed by atoms with Crippen molar-refractivity contribution in [3.63, 3.8) is 0 Å². The molecule has 0 aromatic rings. The smallest absolute Gasteiger partial charge is 0.223 e. The first kappa shape index (κ1) is 6.97. The quantitative estimate of drug-likeness (QED) is 0.533. The molecule has 1 heterocycles. The molecule has 3 unspecified atom stereocenters. The maximum Gasteiger partial charge on any atom is 0.223 e. The number of nitrogens with one attached hydrogen (secondary N) is 1. The first-order valence-corrected chi connectivity index (χ1v) is 3.36. The largest absolute Gasteiger partial charge is 0.360 e. The Morgan fingerprint density at radius 3 is 2.78 bits per heavy atom. The van der Waals surface area contributed by atoms with Crippen LogP contribution in [0.5, 0.6) is 0 Å². The van der Waals surface area contributed by atoms with E-state index in [2.05, 4.69) is 14.8 Å². The van der Waals surface area contributed by atoms with Gasteiger partial charge in [0.15, 0.2) is 0 Å². The molecular weight excluding hydrogens is 137 g/mol. The van der Waals surface area contributed by atoms with Crippen LogP contribution in [0.3, 0.4) is 0 Å². The standard InChI is InChI=1S/C5H10NO2P/c1-3-4(8-9)2-5(7)6-3/h3-4H,2,9H2,1H3,(H,6,7). The molecule has 0 aromatic heterocycles. The lowest BCUT2D eigenvalue weighted by molar-refractivity contribution is -0.119. The molecule has 9 heavy (non-hydrogen) atoms. The molecule has 1 N–H and O–H groups in total. The molecule has 0 aliphatic carbocycles. The van der Waals surface area contributed by atoms with Gasteiger partial charge in [0, 0.05) is 9.47 Å². The Bertz CT molecular complexity index is 128. The van der Waals surface area contributed by atoms with Crippen molar-refractivity contribution in [2.75, 3.05) is 0 Å². The predicted molar refractivity (Wildman–Crippen MR) is 36.8 cm³/mol. The lowest BCUT2D eigenvalue weighted by atomic mass is 10.2. The van der Waals surface area contributed by atoms with E-state index in [1.54, 1.807) is 0 Å². The van der Waals surface area contributed by atoms with E-state index in [0.29, 0.717) is 6.42 Å². The molecule has 0 bridgehead atoms. The summed E-state index contributed by atoms with van der Waals surface area (Å²) in [5.74, 6) is 0.0787. The van der Waals surface area contributed by atoms with Crippen LogP contribution >= 0.6 is 9.47 Å². The van der Waals surface area contributed by atoms with E-state index in [0.717, 1.165) is 0 Å². The van der Waals surface area contributed by atoms with Gasteiger partial charge >= 0.3 is 0 Å². The molecule has 0 spiro atoms. The van der Waals surface area contributed by atoms with Gasteiger partial charge in [-0.25, -0.2) is 0 Å². The van der Waals surface area contributed by atoms with Gasteiger partial charge in [0.05, 0.1) is 18.6 Å². The fraction of sp³-hybridized carbons (Fsp3) is 0.800. The number of hydrogen-bond acceptors (Lipinski definition) is 2. The molecule has 52 valence electrons. The fourth-order valence-electron chi connectivity index (χ4n) is 0.931. The summed E-state index contributed by atoms with van der Waals surface area (Å²) in [4.78, 5) is 10.6. The van der Waals surface area contributed by atoms with Crippen molar-refractivity contribution in [2.24, 2.45) is 0 Å². The summed E-state index contributed by atoms with van der Waals surface area (Å²) in [6, 6.07) is 0.162. The van der Waals surface area contributed by atoms with Gasteiger partial charge in [-0.2, -0.15) is 0 Å². The molecular formula is C5H10NO2P. The minimum Gasteiger partial charge on any atom is -0.360 e. The maximum atomic E-state index is 10.6. The molecule has 1 aliphatic rings. The van der Waals surface area contributed by atoms with Gasteiger partial charge in [-0.15, -0.1) is 0 Å². The normalized spacial score (nSPS) is 34.7. The average molecular weight is 147 g/mol. The fourth-order valence-corrected chi connectivity index (χ4v) is 1.26.